The zero-order valence-corrected chi connectivity index (χ0v) is 17.5. The van der Waals surface area contributed by atoms with Crippen molar-refractivity contribution in [2.75, 3.05) is 14.2 Å². The largest absolute Gasteiger partial charge is 0.495 e. The van der Waals surface area contributed by atoms with E-state index >= 15 is 0 Å². The number of halogens is 4. The van der Waals surface area contributed by atoms with Gasteiger partial charge in [0.05, 0.1) is 17.6 Å². The van der Waals surface area contributed by atoms with Crippen molar-refractivity contribution in [3.8, 4) is 5.75 Å². The predicted octanol–water partition coefficient (Wildman–Crippen LogP) is 5.79. The van der Waals surface area contributed by atoms with Gasteiger partial charge in [0, 0.05) is 18.6 Å². The fraction of sp³-hybridized carbons (Fsp3) is 0.200. The summed E-state index contributed by atoms with van der Waals surface area (Å²) in [7, 11) is 3.59. The van der Waals surface area contributed by atoms with Crippen LogP contribution >= 0.6 is 66.1 Å². The van der Waals surface area contributed by atoms with E-state index in [1.54, 1.807) is 7.11 Å². The summed E-state index contributed by atoms with van der Waals surface area (Å²) in [5.74, 6) is 0.787. The minimum absolute atomic E-state index is 0.0145. The Hall–Kier alpha value is 0.180. The Kier molecular flexibility index (Phi) is 6.38. The topological polar surface area (TPSA) is 21.3 Å². The third-order valence-corrected chi connectivity index (χ3v) is 5.39. The van der Waals surface area contributed by atoms with E-state index in [2.05, 4.69) is 71.9 Å². The van der Waals surface area contributed by atoms with E-state index in [4.69, 9.17) is 16.3 Å². The second kappa shape index (κ2) is 7.64. The van der Waals surface area contributed by atoms with Gasteiger partial charge in [0.1, 0.15) is 5.75 Å². The van der Waals surface area contributed by atoms with Crippen molar-refractivity contribution < 1.29 is 4.74 Å². The molecule has 0 radical (unpaired) electrons. The molecule has 0 heterocycles. The molecule has 0 aliphatic carbocycles. The van der Waals surface area contributed by atoms with Crippen LogP contribution in [0.2, 0.25) is 5.02 Å². The highest BCUT2D eigenvalue weighted by atomic mass is 127. The molecule has 1 unspecified atom stereocenters. The molecule has 0 bridgehead atoms. The maximum absolute atomic E-state index is 6.21. The second-order valence-corrected chi connectivity index (χ2v) is 7.77. The van der Waals surface area contributed by atoms with Gasteiger partial charge in [-0.2, -0.15) is 0 Å². The smallest absolute Gasteiger partial charge is 0.138 e. The molecule has 0 saturated heterocycles. The number of ether oxygens (including phenoxy) is 1. The van der Waals surface area contributed by atoms with Crippen LogP contribution in [0.5, 0.6) is 5.75 Å². The fourth-order valence-electron chi connectivity index (χ4n) is 2.22. The normalized spacial score (nSPS) is 12.3. The molecule has 0 aliphatic heterocycles. The minimum Gasteiger partial charge on any atom is -0.495 e. The molecule has 6 heteroatoms. The Labute approximate surface area is 160 Å². The van der Waals surface area contributed by atoms with Crippen LogP contribution in [0.25, 0.3) is 0 Å². The molecule has 0 aliphatic rings. The summed E-state index contributed by atoms with van der Waals surface area (Å²) in [6, 6.07) is 9.97. The van der Waals surface area contributed by atoms with E-state index in [0.29, 0.717) is 5.02 Å². The minimum atomic E-state index is -0.0145. The van der Waals surface area contributed by atoms with Crippen LogP contribution in [0.3, 0.4) is 0 Å². The third kappa shape index (κ3) is 3.93. The van der Waals surface area contributed by atoms with Crippen molar-refractivity contribution in [3.63, 3.8) is 0 Å². The number of nitrogens with one attached hydrogen (secondary N) is 1. The fourth-order valence-corrected chi connectivity index (χ4v) is 4.25. The van der Waals surface area contributed by atoms with Crippen LogP contribution < -0.4 is 10.1 Å². The number of hydrogen-bond acceptors (Lipinski definition) is 2. The molecule has 0 fully saturated rings. The van der Waals surface area contributed by atoms with Gasteiger partial charge in [0.2, 0.25) is 0 Å². The molecule has 1 atom stereocenters. The average Bonchev–Trinajstić information content (AvgIpc) is 2.43. The standard InChI is InChI=1S/C15H13Br2ClINO/c1-20-14(10-5-8(16)3-4-13(10)19)11-6-9(18)7-12(17)15(11)21-2/h3-7,14,20H,1-2H3. The summed E-state index contributed by atoms with van der Waals surface area (Å²) in [6.07, 6.45) is 0. The van der Waals surface area contributed by atoms with Gasteiger partial charge in [-0.1, -0.05) is 27.5 Å². The molecular weight excluding hydrogens is 532 g/mol. The van der Waals surface area contributed by atoms with Gasteiger partial charge in [-0.25, -0.2) is 0 Å². The van der Waals surface area contributed by atoms with Crippen molar-refractivity contribution in [2.45, 2.75) is 6.04 Å². The van der Waals surface area contributed by atoms with Crippen LogP contribution in [-0.4, -0.2) is 14.2 Å². The summed E-state index contributed by atoms with van der Waals surface area (Å²) in [6.45, 7) is 0. The van der Waals surface area contributed by atoms with Crippen LogP contribution in [-0.2, 0) is 0 Å². The van der Waals surface area contributed by atoms with E-state index in [-0.39, 0.29) is 6.04 Å². The molecule has 2 aromatic carbocycles. The molecular formula is C15H13Br2ClINO. The van der Waals surface area contributed by atoms with Gasteiger partial charge in [0.25, 0.3) is 0 Å². The van der Waals surface area contributed by atoms with Crippen molar-refractivity contribution in [1.29, 1.82) is 0 Å². The van der Waals surface area contributed by atoms with Crippen LogP contribution in [0.15, 0.2) is 39.3 Å². The number of hydrogen-bond donors (Lipinski definition) is 1. The highest BCUT2D eigenvalue weighted by molar-refractivity contribution is 14.1. The Bertz CT molecular complexity index is 666. The Balaban J connectivity index is 2.64. The molecule has 0 amide bonds. The predicted molar refractivity (Wildman–Crippen MR) is 103 cm³/mol. The van der Waals surface area contributed by atoms with Gasteiger partial charge in [-0.15, -0.1) is 0 Å². The molecule has 1 N–H and O–H groups in total. The molecule has 2 rings (SSSR count). The first-order valence-electron chi connectivity index (χ1n) is 6.13. The average molecular weight is 545 g/mol. The highest BCUT2D eigenvalue weighted by Crippen LogP contribution is 2.39. The van der Waals surface area contributed by atoms with E-state index in [1.807, 2.05) is 25.2 Å². The number of rotatable bonds is 4. The van der Waals surface area contributed by atoms with Gasteiger partial charge >= 0.3 is 0 Å². The Morgan fingerprint density at radius 1 is 1.19 bits per heavy atom. The van der Waals surface area contributed by atoms with Crippen molar-refractivity contribution in [1.82, 2.24) is 5.32 Å². The zero-order valence-electron chi connectivity index (χ0n) is 11.4. The molecule has 2 nitrogen and oxygen atoms in total. The number of benzene rings is 2. The molecule has 0 aromatic heterocycles. The molecule has 0 saturated carbocycles. The lowest BCUT2D eigenvalue weighted by Crippen LogP contribution is -2.19. The van der Waals surface area contributed by atoms with Gasteiger partial charge in [0.15, 0.2) is 0 Å². The summed E-state index contributed by atoms with van der Waals surface area (Å²) < 4.78 is 8.61. The second-order valence-electron chi connectivity index (χ2n) is 4.40. The van der Waals surface area contributed by atoms with Crippen molar-refractivity contribution in [2.24, 2.45) is 0 Å². The summed E-state index contributed by atoms with van der Waals surface area (Å²) in [5.41, 5.74) is 2.16. The first kappa shape index (κ1) is 17.5. The summed E-state index contributed by atoms with van der Waals surface area (Å²) in [5, 5.41) is 4.02. The van der Waals surface area contributed by atoms with Gasteiger partial charge in [-0.05, 0) is 81.5 Å². The zero-order chi connectivity index (χ0) is 15.6. The number of methoxy groups -OCH3 is 1. The van der Waals surface area contributed by atoms with Crippen molar-refractivity contribution >= 4 is 66.1 Å². The molecule has 0 spiro atoms. The van der Waals surface area contributed by atoms with E-state index < -0.39 is 0 Å². The third-order valence-electron chi connectivity index (χ3n) is 3.11. The van der Waals surface area contributed by atoms with Crippen LogP contribution in [0.4, 0.5) is 0 Å². The molecule has 112 valence electrons. The van der Waals surface area contributed by atoms with Crippen molar-refractivity contribution in [3.05, 3.63) is 59.0 Å². The molecule has 2 aromatic rings. The first-order valence-corrected chi connectivity index (χ1v) is 9.17. The van der Waals surface area contributed by atoms with Gasteiger partial charge < -0.3 is 10.1 Å². The van der Waals surface area contributed by atoms with E-state index in [1.165, 1.54) is 9.13 Å². The van der Waals surface area contributed by atoms with Gasteiger partial charge in [-0.3, -0.25) is 0 Å². The first-order chi connectivity index (χ1) is 9.97. The summed E-state index contributed by atoms with van der Waals surface area (Å²) in [4.78, 5) is 0. The maximum atomic E-state index is 6.21. The quantitative estimate of drug-likeness (QED) is 0.492. The maximum Gasteiger partial charge on any atom is 0.138 e. The van der Waals surface area contributed by atoms with Crippen LogP contribution in [0, 0.1) is 3.57 Å². The van der Waals surface area contributed by atoms with Crippen LogP contribution in [0.1, 0.15) is 17.2 Å². The van der Waals surface area contributed by atoms with E-state index in [0.717, 1.165) is 20.3 Å². The van der Waals surface area contributed by atoms with E-state index in [9.17, 15) is 0 Å². The SMILES string of the molecule is CNC(c1cc(Br)ccc1I)c1cc(Cl)cc(Br)c1OC. The highest BCUT2D eigenvalue weighted by Gasteiger charge is 2.21. The Morgan fingerprint density at radius 3 is 2.52 bits per heavy atom. The lowest BCUT2D eigenvalue weighted by molar-refractivity contribution is 0.402. The Morgan fingerprint density at radius 2 is 1.90 bits per heavy atom. The molecule has 21 heavy (non-hydrogen) atoms. The monoisotopic (exact) mass is 543 g/mol. The lowest BCUT2D eigenvalue weighted by Gasteiger charge is -2.22. The lowest BCUT2D eigenvalue weighted by atomic mass is 9.98. The summed E-state index contributed by atoms with van der Waals surface area (Å²) >= 11 is 15.6.